The lowest BCUT2D eigenvalue weighted by molar-refractivity contribution is 0.151. The van der Waals surface area contributed by atoms with E-state index in [2.05, 4.69) is 5.32 Å². The van der Waals surface area contributed by atoms with Gasteiger partial charge in [-0.2, -0.15) is 0 Å². The number of amides is 1. The molecule has 0 saturated heterocycles. The van der Waals surface area contributed by atoms with Crippen LogP contribution in [0.25, 0.3) is 0 Å². The number of hydrogen-bond donors (Lipinski definition) is 1. The smallest absolute Gasteiger partial charge is 0.407 e. The topological polar surface area (TPSA) is 56.8 Å². The summed E-state index contributed by atoms with van der Waals surface area (Å²) in [5.41, 5.74) is 0.884. The number of rotatable bonds is 5. The first-order valence-electron chi connectivity index (χ1n) is 5.32. The molecule has 1 N–H and O–H groups in total. The molecule has 0 saturated carbocycles. The maximum Gasteiger partial charge on any atom is 0.407 e. The zero-order chi connectivity index (χ0) is 12.7. The molecular formula is C12H17NO4. The molecule has 1 aromatic carbocycles. The van der Waals surface area contributed by atoms with Crippen molar-refractivity contribution in [2.45, 2.75) is 13.5 Å². The van der Waals surface area contributed by atoms with Crippen LogP contribution in [0.15, 0.2) is 18.2 Å². The van der Waals surface area contributed by atoms with Gasteiger partial charge < -0.3 is 19.5 Å². The first-order valence-corrected chi connectivity index (χ1v) is 5.32. The third-order valence-electron chi connectivity index (χ3n) is 2.12. The number of hydrogen-bond acceptors (Lipinski definition) is 4. The van der Waals surface area contributed by atoms with E-state index in [-0.39, 0.29) is 0 Å². The molecule has 0 aliphatic rings. The fourth-order valence-corrected chi connectivity index (χ4v) is 1.32. The van der Waals surface area contributed by atoms with E-state index < -0.39 is 6.09 Å². The maximum atomic E-state index is 11.1. The highest BCUT2D eigenvalue weighted by Gasteiger charge is 2.04. The van der Waals surface area contributed by atoms with Crippen LogP contribution in [0.1, 0.15) is 12.5 Å². The van der Waals surface area contributed by atoms with E-state index in [0.717, 1.165) is 5.56 Å². The minimum absolute atomic E-state index is 0.354. The number of methoxy groups -OCH3 is 2. The van der Waals surface area contributed by atoms with Crippen molar-refractivity contribution in [1.82, 2.24) is 5.32 Å². The molecule has 0 spiro atoms. The Bertz CT molecular complexity index is 357. The first-order chi connectivity index (χ1) is 8.19. The van der Waals surface area contributed by atoms with Crippen LogP contribution in [0.4, 0.5) is 4.79 Å². The van der Waals surface area contributed by atoms with Gasteiger partial charge in [0.2, 0.25) is 0 Å². The Balaban J connectivity index is 2.66. The largest absolute Gasteiger partial charge is 0.497 e. The number of nitrogens with one attached hydrogen (secondary N) is 1. The Morgan fingerprint density at radius 3 is 2.24 bits per heavy atom. The van der Waals surface area contributed by atoms with Crippen molar-refractivity contribution in [3.63, 3.8) is 0 Å². The molecule has 0 bridgehead atoms. The van der Waals surface area contributed by atoms with Crippen molar-refractivity contribution in [2.75, 3.05) is 20.8 Å². The average Bonchev–Trinajstić information content (AvgIpc) is 2.36. The lowest BCUT2D eigenvalue weighted by Gasteiger charge is -2.09. The summed E-state index contributed by atoms with van der Waals surface area (Å²) >= 11 is 0. The number of carbonyl (C=O) groups excluding carboxylic acids is 1. The van der Waals surface area contributed by atoms with Crippen LogP contribution in [0, 0.1) is 0 Å². The van der Waals surface area contributed by atoms with Gasteiger partial charge in [0.1, 0.15) is 11.5 Å². The maximum absolute atomic E-state index is 11.1. The van der Waals surface area contributed by atoms with Gasteiger partial charge in [0, 0.05) is 12.6 Å². The molecule has 94 valence electrons. The summed E-state index contributed by atoms with van der Waals surface area (Å²) < 4.78 is 15.0. The summed E-state index contributed by atoms with van der Waals surface area (Å²) in [6, 6.07) is 5.43. The van der Waals surface area contributed by atoms with E-state index in [1.165, 1.54) is 0 Å². The van der Waals surface area contributed by atoms with E-state index in [9.17, 15) is 4.79 Å². The Kier molecular flexibility index (Phi) is 5.13. The summed E-state index contributed by atoms with van der Waals surface area (Å²) in [5, 5.41) is 2.63. The highest BCUT2D eigenvalue weighted by atomic mass is 16.5. The molecule has 0 fully saturated rings. The standard InChI is InChI=1S/C12H17NO4/c1-4-17-12(14)13-8-9-5-10(15-2)7-11(6-9)16-3/h5-7H,4,8H2,1-3H3,(H,13,14). The summed E-state index contributed by atoms with van der Waals surface area (Å²) in [6.45, 7) is 2.48. The Labute approximate surface area is 101 Å². The van der Waals surface area contributed by atoms with Crippen molar-refractivity contribution in [3.8, 4) is 11.5 Å². The molecule has 0 radical (unpaired) electrons. The lowest BCUT2D eigenvalue weighted by atomic mass is 10.2. The van der Waals surface area contributed by atoms with E-state index in [0.29, 0.717) is 24.7 Å². The van der Waals surface area contributed by atoms with Crippen molar-refractivity contribution < 1.29 is 19.0 Å². The third kappa shape index (κ3) is 4.22. The summed E-state index contributed by atoms with van der Waals surface area (Å²) in [5.74, 6) is 1.37. The highest BCUT2D eigenvalue weighted by molar-refractivity contribution is 5.67. The second kappa shape index (κ2) is 6.62. The van der Waals surface area contributed by atoms with Crippen LogP contribution in [0.2, 0.25) is 0 Å². The van der Waals surface area contributed by atoms with Crippen LogP contribution in [-0.4, -0.2) is 26.9 Å². The van der Waals surface area contributed by atoms with Crippen LogP contribution in [-0.2, 0) is 11.3 Å². The number of carbonyl (C=O) groups is 1. The predicted octanol–water partition coefficient (Wildman–Crippen LogP) is 1.95. The van der Waals surface area contributed by atoms with E-state index in [1.807, 2.05) is 12.1 Å². The van der Waals surface area contributed by atoms with Crippen molar-refractivity contribution in [1.29, 1.82) is 0 Å². The van der Waals surface area contributed by atoms with Gasteiger partial charge in [0.05, 0.1) is 20.8 Å². The number of benzene rings is 1. The predicted molar refractivity (Wildman–Crippen MR) is 63.4 cm³/mol. The summed E-state index contributed by atoms with van der Waals surface area (Å²) in [4.78, 5) is 11.1. The van der Waals surface area contributed by atoms with Gasteiger partial charge in [-0.05, 0) is 24.6 Å². The Morgan fingerprint density at radius 1 is 1.18 bits per heavy atom. The zero-order valence-electron chi connectivity index (χ0n) is 10.3. The van der Waals surface area contributed by atoms with Gasteiger partial charge in [0.25, 0.3) is 0 Å². The van der Waals surface area contributed by atoms with E-state index in [4.69, 9.17) is 14.2 Å². The molecule has 0 aliphatic carbocycles. The minimum Gasteiger partial charge on any atom is -0.497 e. The lowest BCUT2D eigenvalue weighted by Crippen LogP contribution is -2.23. The molecule has 5 heteroatoms. The molecule has 5 nitrogen and oxygen atoms in total. The monoisotopic (exact) mass is 239 g/mol. The molecule has 1 aromatic rings. The zero-order valence-corrected chi connectivity index (χ0v) is 10.3. The SMILES string of the molecule is CCOC(=O)NCc1cc(OC)cc(OC)c1. The van der Waals surface area contributed by atoms with Gasteiger partial charge in [-0.3, -0.25) is 0 Å². The molecule has 0 aromatic heterocycles. The third-order valence-corrected chi connectivity index (χ3v) is 2.12. The fourth-order valence-electron chi connectivity index (χ4n) is 1.32. The highest BCUT2D eigenvalue weighted by Crippen LogP contribution is 2.22. The minimum atomic E-state index is -0.436. The second-order valence-corrected chi connectivity index (χ2v) is 3.29. The summed E-state index contributed by atoms with van der Waals surface area (Å²) in [6.07, 6.45) is -0.436. The number of ether oxygens (including phenoxy) is 3. The Morgan fingerprint density at radius 2 is 1.76 bits per heavy atom. The van der Waals surface area contributed by atoms with Crippen LogP contribution >= 0.6 is 0 Å². The Hall–Kier alpha value is -1.91. The van der Waals surface area contributed by atoms with Crippen LogP contribution < -0.4 is 14.8 Å². The molecule has 1 rings (SSSR count). The molecular weight excluding hydrogens is 222 g/mol. The van der Waals surface area contributed by atoms with Gasteiger partial charge in [0.15, 0.2) is 0 Å². The molecule has 0 atom stereocenters. The van der Waals surface area contributed by atoms with E-state index in [1.54, 1.807) is 27.2 Å². The fraction of sp³-hybridized carbons (Fsp3) is 0.417. The second-order valence-electron chi connectivity index (χ2n) is 3.29. The molecule has 17 heavy (non-hydrogen) atoms. The average molecular weight is 239 g/mol. The summed E-state index contributed by atoms with van der Waals surface area (Å²) in [7, 11) is 3.16. The first kappa shape index (κ1) is 13.2. The molecule has 1 amide bonds. The normalized spacial score (nSPS) is 9.59. The van der Waals surface area contributed by atoms with Gasteiger partial charge >= 0.3 is 6.09 Å². The molecule has 0 heterocycles. The van der Waals surface area contributed by atoms with Crippen LogP contribution in [0.5, 0.6) is 11.5 Å². The van der Waals surface area contributed by atoms with Crippen LogP contribution in [0.3, 0.4) is 0 Å². The van der Waals surface area contributed by atoms with Crippen molar-refractivity contribution in [3.05, 3.63) is 23.8 Å². The van der Waals surface area contributed by atoms with E-state index >= 15 is 0 Å². The van der Waals surface area contributed by atoms with Gasteiger partial charge in [-0.1, -0.05) is 0 Å². The van der Waals surface area contributed by atoms with Gasteiger partial charge in [-0.15, -0.1) is 0 Å². The number of alkyl carbamates (subject to hydrolysis) is 1. The quantitative estimate of drug-likeness (QED) is 0.853. The molecule has 0 unspecified atom stereocenters. The van der Waals surface area contributed by atoms with Crippen molar-refractivity contribution >= 4 is 6.09 Å². The van der Waals surface area contributed by atoms with Gasteiger partial charge in [-0.25, -0.2) is 4.79 Å². The van der Waals surface area contributed by atoms with Crippen molar-refractivity contribution in [2.24, 2.45) is 0 Å². The molecule has 0 aliphatic heterocycles.